The van der Waals surface area contributed by atoms with Crippen LogP contribution in [0.5, 0.6) is 0 Å². The average Bonchev–Trinajstić information content (AvgIpc) is 2.82. The fourth-order valence-electron chi connectivity index (χ4n) is 1.36. The van der Waals surface area contributed by atoms with Gasteiger partial charge in [0.1, 0.15) is 0 Å². The summed E-state index contributed by atoms with van der Waals surface area (Å²) in [5.41, 5.74) is 0. The number of hydrogen-bond donors (Lipinski definition) is 0. The SMILES string of the molecule is CCCSCC1OC1CSC1CSC1. The number of ether oxygens (including phenoxy) is 1. The Morgan fingerprint density at radius 2 is 2.07 bits per heavy atom. The smallest absolute Gasteiger partial charge is 0.0940 e. The third-order valence-electron chi connectivity index (χ3n) is 2.42. The summed E-state index contributed by atoms with van der Waals surface area (Å²) in [6.07, 6.45) is 2.47. The molecule has 0 spiro atoms. The van der Waals surface area contributed by atoms with Crippen LogP contribution in [0.4, 0.5) is 0 Å². The Morgan fingerprint density at radius 3 is 2.71 bits per heavy atom. The zero-order valence-electron chi connectivity index (χ0n) is 8.61. The van der Waals surface area contributed by atoms with Crippen molar-refractivity contribution in [2.45, 2.75) is 30.8 Å². The van der Waals surface area contributed by atoms with Crippen molar-refractivity contribution in [3.63, 3.8) is 0 Å². The minimum absolute atomic E-state index is 0.590. The van der Waals surface area contributed by atoms with Gasteiger partial charge < -0.3 is 4.74 Å². The summed E-state index contributed by atoms with van der Waals surface area (Å²) < 4.78 is 5.63. The molecule has 2 fully saturated rings. The second kappa shape index (κ2) is 5.92. The van der Waals surface area contributed by atoms with E-state index in [1.54, 1.807) is 0 Å². The van der Waals surface area contributed by atoms with E-state index in [2.05, 4.69) is 30.4 Å². The summed E-state index contributed by atoms with van der Waals surface area (Å²) in [4.78, 5) is 0. The van der Waals surface area contributed by atoms with Crippen molar-refractivity contribution in [2.24, 2.45) is 0 Å². The third kappa shape index (κ3) is 3.54. The summed E-state index contributed by atoms with van der Waals surface area (Å²) in [6.45, 7) is 2.24. The van der Waals surface area contributed by atoms with Crippen molar-refractivity contribution < 1.29 is 4.74 Å². The molecule has 1 nitrogen and oxygen atoms in total. The van der Waals surface area contributed by atoms with Gasteiger partial charge in [0.25, 0.3) is 0 Å². The lowest BCUT2D eigenvalue weighted by atomic mass is 10.4. The van der Waals surface area contributed by atoms with Crippen LogP contribution >= 0.6 is 35.3 Å². The molecule has 0 aliphatic carbocycles. The molecule has 2 aliphatic heterocycles. The van der Waals surface area contributed by atoms with Crippen molar-refractivity contribution in [1.82, 2.24) is 0 Å². The molecule has 4 heteroatoms. The van der Waals surface area contributed by atoms with Crippen LogP contribution in [0.3, 0.4) is 0 Å². The summed E-state index contributed by atoms with van der Waals surface area (Å²) >= 11 is 6.23. The first kappa shape index (κ1) is 11.5. The van der Waals surface area contributed by atoms with Crippen LogP contribution in [0.1, 0.15) is 13.3 Å². The minimum Gasteiger partial charge on any atom is -0.368 e. The number of thioether (sulfide) groups is 3. The Labute approximate surface area is 99.5 Å². The van der Waals surface area contributed by atoms with E-state index in [1.807, 2.05) is 11.8 Å². The lowest BCUT2D eigenvalue weighted by Gasteiger charge is -2.23. The molecule has 2 atom stereocenters. The Morgan fingerprint density at radius 1 is 1.29 bits per heavy atom. The van der Waals surface area contributed by atoms with Gasteiger partial charge in [-0.2, -0.15) is 35.3 Å². The summed E-state index contributed by atoms with van der Waals surface area (Å²) in [6, 6.07) is 0. The molecule has 14 heavy (non-hydrogen) atoms. The summed E-state index contributed by atoms with van der Waals surface area (Å²) in [5.74, 6) is 6.49. The lowest BCUT2D eigenvalue weighted by Crippen LogP contribution is -2.22. The molecule has 2 rings (SSSR count). The van der Waals surface area contributed by atoms with Gasteiger partial charge in [-0.05, 0) is 12.2 Å². The van der Waals surface area contributed by atoms with Crippen molar-refractivity contribution >= 4 is 35.3 Å². The van der Waals surface area contributed by atoms with Crippen LogP contribution < -0.4 is 0 Å². The highest BCUT2D eigenvalue weighted by Crippen LogP contribution is 2.35. The van der Waals surface area contributed by atoms with Crippen molar-refractivity contribution in [1.29, 1.82) is 0 Å². The van der Waals surface area contributed by atoms with E-state index in [1.165, 1.54) is 35.2 Å². The minimum atomic E-state index is 0.590. The van der Waals surface area contributed by atoms with E-state index in [-0.39, 0.29) is 0 Å². The molecule has 2 heterocycles. The molecular weight excluding hydrogens is 232 g/mol. The van der Waals surface area contributed by atoms with E-state index in [0.29, 0.717) is 12.2 Å². The van der Waals surface area contributed by atoms with Crippen molar-refractivity contribution in [3.05, 3.63) is 0 Å². The van der Waals surface area contributed by atoms with Gasteiger partial charge in [-0.1, -0.05) is 6.92 Å². The molecule has 0 amide bonds. The quantitative estimate of drug-likeness (QED) is 0.508. The molecule has 0 aromatic heterocycles. The summed E-state index contributed by atoms with van der Waals surface area (Å²) in [7, 11) is 0. The maximum absolute atomic E-state index is 5.63. The first-order chi connectivity index (χ1) is 6.90. The normalized spacial score (nSPS) is 31.5. The molecule has 0 radical (unpaired) electrons. The molecule has 2 aliphatic rings. The lowest BCUT2D eigenvalue weighted by molar-refractivity contribution is 0.392. The zero-order valence-corrected chi connectivity index (χ0v) is 11.1. The molecule has 2 saturated heterocycles. The fraction of sp³-hybridized carbons (Fsp3) is 1.00. The van der Waals surface area contributed by atoms with Gasteiger partial charge in [-0.3, -0.25) is 0 Å². The van der Waals surface area contributed by atoms with Gasteiger partial charge in [0.2, 0.25) is 0 Å². The third-order valence-corrected chi connectivity index (χ3v) is 6.71. The van der Waals surface area contributed by atoms with E-state index in [4.69, 9.17) is 4.74 Å². The predicted octanol–water partition coefficient (Wildman–Crippen LogP) is 2.75. The molecule has 0 saturated carbocycles. The van der Waals surface area contributed by atoms with Crippen LogP contribution in [0.25, 0.3) is 0 Å². The van der Waals surface area contributed by atoms with E-state index in [0.717, 1.165) is 5.25 Å². The zero-order chi connectivity index (χ0) is 9.80. The fourth-order valence-corrected chi connectivity index (χ4v) is 4.87. The first-order valence-electron chi connectivity index (χ1n) is 5.32. The van der Waals surface area contributed by atoms with Crippen LogP contribution in [-0.4, -0.2) is 46.2 Å². The number of rotatable bonds is 7. The standard InChI is InChI=1S/C10H18OS3/c1-2-3-12-6-9-10(11-9)7-14-8-4-13-5-8/h8-10H,2-7H2,1H3. The Kier molecular flexibility index (Phi) is 4.86. The van der Waals surface area contributed by atoms with Gasteiger partial charge in [-0.15, -0.1) is 0 Å². The largest absolute Gasteiger partial charge is 0.368 e. The molecule has 0 N–H and O–H groups in total. The maximum Gasteiger partial charge on any atom is 0.0940 e. The molecule has 0 aromatic carbocycles. The monoisotopic (exact) mass is 250 g/mol. The summed E-state index contributed by atoms with van der Waals surface area (Å²) in [5, 5.41) is 0.938. The van der Waals surface area contributed by atoms with Crippen LogP contribution in [0.2, 0.25) is 0 Å². The number of hydrogen-bond acceptors (Lipinski definition) is 4. The van der Waals surface area contributed by atoms with Gasteiger partial charge >= 0.3 is 0 Å². The number of epoxide rings is 1. The second-order valence-electron chi connectivity index (χ2n) is 3.78. The van der Waals surface area contributed by atoms with E-state index < -0.39 is 0 Å². The molecule has 82 valence electrons. The Bertz CT molecular complexity index is 173. The van der Waals surface area contributed by atoms with Gasteiger partial charge in [0, 0.05) is 28.3 Å². The molecule has 2 unspecified atom stereocenters. The average molecular weight is 250 g/mol. The van der Waals surface area contributed by atoms with Crippen molar-refractivity contribution in [3.8, 4) is 0 Å². The van der Waals surface area contributed by atoms with Gasteiger partial charge in [0.05, 0.1) is 12.2 Å². The topological polar surface area (TPSA) is 12.5 Å². The van der Waals surface area contributed by atoms with Crippen molar-refractivity contribution in [2.75, 3.05) is 28.8 Å². The molecule has 0 aromatic rings. The Hall–Kier alpha value is 1.01. The van der Waals surface area contributed by atoms with E-state index >= 15 is 0 Å². The maximum atomic E-state index is 5.63. The van der Waals surface area contributed by atoms with Gasteiger partial charge in [0.15, 0.2) is 0 Å². The Balaban J connectivity index is 1.45. The van der Waals surface area contributed by atoms with Gasteiger partial charge in [-0.25, -0.2) is 0 Å². The first-order valence-corrected chi connectivity index (χ1v) is 8.68. The molecule has 0 bridgehead atoms. The highest BCUT2D eigenvalue weighted by atomic mass is 32.2. The predicted molar refractivity (Wildman–Crippen MR) is 69.8 cm³/mol. The van der Waals surface area contributed by atoms with Crippen LogP contribution in [-0.2, 0) is 4.74 Å². The van der Waals surface area contributed by atoms with Crippen LogP contribution in [0.15, 0.2) is 0 Å². The second-order valence-corrected chi connectivity index (χ2v) is 7.34. The molecular formula is C10H18OS3. The van der Waals surface area contributed by atoms with Crippen LogP contribution in [0, 0.1) is 0 Å². The highest BCUT2D eigenvalue weighted by molar-refractivity contribution is 8.07. The highest BCUT2D eigenvalue weighted by Gasteiger charge is 2.38. The van der Waals surface area contributed by atoms with E-state index in [9.17, 15) is 0 Å².